The van der Waals surface area contributed by atoms with E-state index in [0.717, 1.165) is 0 Å². The second kappa shape index (κ2) is 11.6. The quantitative estimate of drug-likeness (QED) is 0.587. The summed E-state index contributed by atoms with van der Waals surface area (Å²) in [6.07, 6.45) is -0.293. The van der Waals surface area contributed by atoms with Gasteiger partial charge in [-0.1, -0.05) is 11.6 Å². The lowest BCUT2D eigenvalue weighted by molar-refractivity contribution is -0.147. The highest BCUT2D eigenvalue weighted by Gasteiger charge is 2.12. The minimum absolute atomic E-state index is 0.114. The van der Waals surface area contributed by atoms with Crippen LogP contribution in [0.1, 0.15) is 30.1 Å². The number of hydrogen-bond donors (Lipinski definition) is 2. The molecule has 0 saturated heterocycles. The average molecular weight is 433 g/mol. The van der Waals surface area contributed by atoms with Crippen molar-refractivity contribution in [3.05, 3.63) is 59.1 Å². The van der Waals surface area contributed by atoms with Crippen LogP contribution < -0.4 is 10.6 Å². The maximum absolute atomic E-state index is 11.9. The van der Waals surface area contributed by atoms with Crippen LogP contribution in [-0.4, -0.2) is 37.0 Å². The molecule has 2 aromatic rings. The van der Waals surface area contributed by atoms with Crippen molar-refractivity contribution in [1.29, 1.82) is 0 Å². The first kappa shape index (κ1) is 22.9. The molecule has 2 aromatic carbocycles. The van der Waals surface area contributed by atoms with Crippen LogP contribution in [0.15, 0.2) is 48.5 Å². The molecule has 0 fully saturated rings. The molecular formula is C21H21ClN2O6. The Morgan fingerprint density at radius 1 is 0.800 bits per heavy atom. The predicted molar refractivity (Wildman–Crippen MR) is 111 cm³/mol. The van der Waals surface area contributed by atoms with Crippen LogP contribution in [0.4, 0.5) is 11.4 Å². The van der Waals surface area contributed by atoms with Gasteiger partial charge in [0.15, 0.2) is 6.61 Å². The molecule has 0 bridgehead atoms. The molecule has 0 heterocycles. The highest BCUT2D eigenvalue weighted by atomic mass is 35.5. The number of rotatable bonds is 9. The van der Waals surface area contributed by atoms with E-state index in [9.17, 15) is 19.2 Å². The Bertz CT molecular complexity index is 897. The molecule has 8 nitrogen and oxygen atoms in total. The number of hydrogen-bond acceptors (Lipinski definition) is 6. The zero-order valence-corrected chi connectivity index (χ0v) is 17.0. The Morgan fingerprint density at radius 2 is 1.37 bits per heavy atom. The van der Waals surface area contributed by atoms with Crippen LogP contribution in [0, 0.1) is 0 Å². The molecule has 0 aliphatic rings. The number of benzene rings is 2. The third kappa shape index (κ3) is 7.92. The van der Waals surface area contributed by atoms with Crippen molar-refractivity contribution in [2.75, 3.05) is 23.8 Å². The first-order valence-electron chi connectivity index (χ1n) is 9.15. The topological polar surface area (TPSA) is 111 Å². The van der Waals surface area contributed by atoms with E-state index in [0.29, 0.717) is 22.0 Å². The molecule has 0 spiro atoms. The molecule has 0 aliphatic carbocycles. The first-order valence-corrected chi connectivity index (χ1v) is 9.53. The fraction of sp³-hybridized carbons (Fsp3) is 0.238. The van der Waals surface area contributed by atoms with Crippen LogP contribution in [0.3, 0.4) is 0 Å². The summed E-state index contributed by atoms with van der Waals surface area (Å²) in [5.74, 6) is -2.02. The smallest absolute Gasteiger partial charge is 0.338 e. The lowest BCUT2D eigenvalue weighted by atomic mass is 10.2. The second-order valence-electron chi connectivity index (χ2n) is 6.06. The van der Waals surface area contributed by atoms with Crippen LogP contribution in [-0.2, 0) is 23.9 Å². The van der Waals surface area contributed by atoms with Gasteiger partial charge in [-0.05, 0) is 55.5 Å². The van der Waals surface area contributed by atoms with Crippen molar-refractivity contribution in [2.45, 2.75) is 19.8 Å². The summed E-state index contributed by atoms with van der Waals surface area (Å²) in [6.45, 7) is 1.53. The summed E-state index contributed by atoms with van der Waals surface area (Å²) < 4.78 is 9.74. The largest absolute Gasteiger partial charge is 0.462 e. The molecular weight excluding hydrogens is 412 g/mol. The fourth-order valence-electron chi connectivity index (χ4n) is 2.29. The number of ether oxygens (including phenoxy) is 2. The third-order valence-corrected chi connectivity index (χ3v) is 3.98. The van der Waals surface area contributed by atoms with Gasteiger partial charge in [0.1, 0.15) is 0 Å². The molecule has 2 amide bonds. The molecule has 0 aliphatic heterocycles. The fourth-order valence-corrected chi connectivity index (χ4v) is 2.42. The van der Waals surface area contributed by atoms with Crippen LogP contribution in [0.2, 0.25) is 5.02 Å². The van der Waals surface area contributed by atoms with E-state index in [4.69, 9.17) is 21.1 Å². The molecule has 30 heavy (non-hydrogen) atoms. The van der Waals surface area contributed by atoms with Crippen molar-refractivity contribution in [2.24, 2.45) is 0 Å². The standard InChI is InChI=1S/C21H21ClN2O6/c1-2-29-21(28)14-3-7-16(8-4-14)23-18(25)11-12-20(27)30-13-19(26)24-17-9-5-15(22)6-10-17/h3-10H,2,11-13H2,1H3,(H,23,25)(H,24,26). The van der Waals surface area contributed by atoms with Gasteiger partial charge in [-0.3, -0.25) is 14.4 Å². The zero-order chi connectivity index (χ0) is 21.9. The lowest BCUT2D eigenvalue weighted by Gasteiger charge is -2.08. The van der Waals surface area contributed by atoms with Crippen LogP contribution in [0.5, 0.6) is 0 Å². The van der Waals surface area contributed by atoms with Crippen molar-refractivity contribution >= 4 is 46.7 Å². The second-order valence-corrected chi connectivity index (χ2v) is 6.50. The Morgan fingerprint density at radius 3 is 1.97 bits per heavy atom. The number of anilines is 2. The number of amides is 2. The van der Waals surface area contributed by atoms with E-state index in [-0.39, 0.29) is 19.4 Å². The van der Waals surface area contributed by atoms with Gasteiger partial charge in [-0.2, -0.15) is 0 Å². The van der Waals surface area contributed by atoms with Crippen molar-refractivity contribution in [3.8, 4) is 0 Å². The summed E-state index contributed by atoms with van der Waals surface area (Å²) in [5, 5.41) is 5.70. The van der Waals surface area contributed by atoms with Gasteiger partial charge in [0.2, 0.25) is 5.91 Å². The maximum Gasteiger partial charge on any atom is 0.338 e. The molecule has 0 unspecified atom stereocenters. The Labute approximate surface area is 178 Å². The minimum Gasteiger partial charge on any atom is -0.462 e. The van der Waals surface area contributed by atoms with Gasteiger partial charge < -0.3 is 20.1 Å². The van der Waals surface area contributed by atoms with Crippen molar-refractivity contribution < 1.29 is 28.7 Å². The zero-order valence-electron chi connectivity index (χ0n) is 16.3. The summed E-state index contributed by atoms with van der Waals surface area (Å²) in [5.41, 5.74) is 1.37. The summed E-state index contributed by atoms with van der Waals surface area (Å²) in [4.78, 5) is 47.0. The molecule has 0 aromatic heterocycles. The SMILES string of the molecule is CCOC(=O)c1ccc(NC(=O)CCC(=O)OCC(=O)Nc2ccc(Cl)cc2)cc1. The molecule has 0 radical (unpaired) electrons. The molecule has 9 heteroatoms. The monoisotopic (exact) mass is 432 g/mol. The summed E-state index contributed by atoms with van der Waals surface area (Å²) in [6, 6.07) is 12.6. The summed E-state index contributed by atoms with van der Waals surface area (Å²) in [7, 11) is 0. The molecule has 2 N–H and O–H groups in total. The van der Waals surface area contributed by atoms with E-state index in [1.807, 2.05) is 0 Å². The Kier molecular flexibility index (Phi) is 8.83. The van der Waals surface area contributed by atoms with E-state index in [1.165, 1.54) is 12.1 Å². The predicted octanol–water partition coefficient (Wildman–Crippen LogP) is 3.42. The van der Waals surface area contributed by atoms with Crippen molar-refractivity contribution in [1.82, 2.24) is 0 Å². The van der Waals surface area contributed by atoms with Gasteiger partial charge in [0.05, 0.1) is 18.6 Å². The molecule has 0 atom stereocenters. The molecule has 0 saturated carbocycles. The number of carbonyl (C=O) groups is 4. The van der Waals surface area contributed by atoms with Crippen LogP contribution >= 0.6 is 11.6 Å². The third-order valence-electron chi connectivity index (χ3n) is 3.73. The van der Waals surface area contributed by atoms with E-state index >= 15 is 0 Å². The Balaban J connectivity index is 1.68. The number of nitrogens with one attached hydrogen (secondary N) is 2. The normalized spacial score (nSPS) is 10.1. The van der Waals surface area contributed by atoms with Gasteiger partial charge in [0.25, 0.3) is 5.91 Å². The van der Waals surface area contributed by atoms with E-state index in [2.05, 4.69) is 10.6 Å². The Hall–Kier alpha value is -3.39. The highest BCUT2D eigenvalue weighted by molar-refractivity contribution is 6.30. The maximum atomic E-state index is 11.9. The van der Waals surface area contributed by atoms with Gasteiger partial charge in [0, 0.05) is 22.8 Å². The van der Waals surface area contributed by atoms with Gasteiger partial charge in [-0.15, -0.1) is 0 Å². The minimum atomic E-state index is -0.672. The number of carbonyl (C=O) groups excluding carboxylic acids is 4. The first-order chi connectivity index (χ1) is 14.4. The molecule has 2 rings (SSSR count). The van der Waals surface area contributed by atoms with Gasteiger partial charge >= 0.3 is 11.9 Å². The van der Waals surface area contributed by atoms with Gasteiger partial charge in [-0.25, -0.2) is 4.79 Å². The van der Waals surface area contributed by atoms with Crippen LogP contribution in [0.25, 0.3) is 0 Å². The number of esters is 2. The summed E-state index contributed by atoms with van der Waals surface area (Å²) >= 11 is 5.76. The van der Waals surface area contributed by atoms with E-state index in [1.54, 1.807) is 43.3 Å². The highest BCUT2D eigenvalue weighted by Crippen LogP contribution is 2.13. The van der Waals surface area contributed by atoms with E-state index < -0.39 is 30.4 Å². The number of halogens is 1. The lowest BCUT2D eigenvalue weighted by Crippen LogP contribution is -2.21. The molecule has 158 valence electrons. The van der Waals surface area contributed by atoms with Crippen molar-refractivity contribution in [3.63, 3.8) is 0 Å². The average Bonchev–Trinajstić information content (AvgIpc) is 2.73.